The molecule has 0 bridgehead atoms. The van der Waals surface area contributed by atoms with Crippen molar-refractivity contribution in [2.75, 3.05) is 19.6 Å². The molecule has 2 rings (SSSR count). The molecule has 1 N–H and O–H groups in total. The molecule has 2 heteroatoms. The van der Waals surface area contributed by atoms with Crippen molar-refractivity contribution in [3.63, 3.8) is 0 Å². The van der Waals surface area contributed by atoms with Crippen LogP contribution < -0.4 is 5.32 Å². The van der Waals surface area contributed by atoms with Crippen LogP contribution in [0.4, 0.5) is 0 Å². The highest BCUT2D eigenvalue weighted by Crippen LogP contribution is 2.31. The van der Waals surface area contributed by atoms with Crippen molar-refractivity contribution >= 4 is 0 Å². The Hall–Kier alpha value is -0.0800. The summed E-state index contributed by atoms with van der Waals surface area (Å²) in [7, 11) is 0. The summed E-state index contributed by atoms with van der Waals surface area (Å²) < 4.78 is 0. The molecule has 2 fully saturated rings. The van der Waals surface area contributed by atoms with Crippen molar-refractivity contribution in [2.24, 2.45) is 0 Å². The minimum absolute atomic E-state index is 0.537. The average molecular weight is 154 g/mol. The first-order chi connectivity index (χ1) is 5.24. The summed E-state index contributed by atoms with van der Waals surface area (Å²) in [6, 6.07) is 0.758. The maximum Gasteiger partial charge on any atom is 0.0439 e. The summed E-state index contributed by atoms with van der Waals surface area (Å²) in [5, 5.41) is 3.69. The van der Waals surface area contributed by atoms with Crippen LogP contribution in [-0.4, -0.2) is 36.1 Å². The van der Waals surface area contributed by atoms with Crippen LogP contribution >= 0.6 is 0 Å². The second-order valence-corrected chi connectivity index (χ2v) is 4.17. The molecule has 0 radical (unpaired) electrons. The minimum atomic E-state index is 0.537. The van der Waals surface area contributed by atoms with Gasteiger partial charge in [0.05, 0.1) is 0 Å². The monoisotopic (exact) mass is 154 g/mol. The normalized spacial score (nSPS) is 36.0. The average Bonchev–Trinajstić information content (AvgIpc) is 2.28. The Labute approximate surface area is 69.0 Å². The highest BCUT2D eigenvalue weighted by atomic mass is 15.3. The van der Waals surface area contributed by atoms with E-state index in [1.54, 1.807) is 0 Å². The first-order valence-corrected chi connectivity index (χ1v) is 4.74. The van der Waals surface area contributed by atoms with Crippen LogP contribution in [0.15, 0.2) is 0 Å². The molecule has 2 aliphatic rings. The molecule has 2 heterocycles. The Kier molecular flexibility index (Phi) is 1.69. The van der Waals surface area contributed by atoms with Crippen molar-refractivity contribution in [2.45, 2.75) is 38.3 Å². The van der Waals surface area contributed by atoms with Crippen LogP contribution in [0.2, 0.25) is 0 Å². The lowest BCUT2D eigenvalue weighted by molar-refractivity contribution is 0.0582. The number of nitrogens with zero attached hydrogens (tertiary/aromatic N) is 1. The van der Waals surface area contributed by atoms with Gasteiger partial charge in [-0.1, -0.05) is 6.92 Å². The summed E-state index contributed by atoms with van der Waals surface area (Å²) in [5.74, 6) is 0. The van der Waals surface area contributed by atoms with E-state index in [1.165, 1.54) is 32.5 Å². The molecule has 2 aliphatic heterocycles. The van der Waals surface area contributed by atoms with Crippen LogP contribution in [0.5, 0.6) is 0 Å². The standard InChI is InChI=1S/C9H18N2/c1-3-11-6-9(7-11)5-4-8(2)10-9/h8,10H,3-7H2,1-2H3. The second kappa shape index (κ2) is 2.46. The van der Waals surface area contributed by atoms with Gasteiger partial charge in [0, 0.05) is 24.7 Å². The van der Waals surface area contributed by atoms with Gasteiger partial charge in [0.2, 0.25) is 0 Å². The number of likely N-dealkylation sites (N-methyl/N-ethyl adjacent to an activating group) is 1. The lowest BCUT2D eigenvalue weighted by Gasteiger charge is -2.48. The molecule has 1 spiro atoms. The van der Waals surface area contributed by atoms with Crippen LogP contribution in [0.3, 0.4) is 0 Å². The first kappa shape index (κ1) is 7.56. The lowest BCUT2D eigenvalue weighted by Crippen LogP contribution is -2.67. The zero-order valence-corrected chi connectivity index (χ0v) is 7.56. The molecule has 0 aromatic rings. The van der Waals surface area contributed by atoms with Gasteiger partial charge in [0.1, 0.15) is 0 Å². The summed E-state index contributed by atoms with van der Waals surface area (Å²) in [4.78, 5) is 2.50. The van der Waals surface area contributed by atoms with Gasteiger partial charge in [-0.15, -0.1) is 0 Å². The summed E-state index contributed by atoms with van der Waals surface area (Å²) in [6.45, 7) is 8.33. The van der Waals surface area contributed by atoms with Crippen molar-refractivity contribution in [3.8, 4) is 0 Å². The largest absolute Gasteiger partial charge is 0.306 e. The fourth-order valence-corrected chi connectivity index (χ4v) is 2.44. The van der Waals surface area contributed by atoms with Crippen LogP contribution in [0, 0.1) is 0 Å². The van der Waals surface area contributed by atoms with Crippen molar-refractivity contribution < 1.29 is 0 Å². The first-order valence-electron chi connectivity index (χ1n) is 4.74. The third kappa shape index (κ3) is 1.18. The molecule has 2 saturated heterocycles. The Bertz CT molecular complexity index is 150. The number of likely N-dealkylation sites (tertiary alicyclic amines) is 1. The van der Waals surface area contributed by atoms with E-state index in [0.717, 1.165) is 6.04 Å². The number of hydrogen-bond donors (Lipinski definition) is 1. The van der Waals surface area contributed by atoms with Crippen molar-refractivity contribution in [1.29, 1.82) is 0 Å². The Morgan fingerprint density at radius 3 is 2.73 bits per heavy atom. The zero-order valence-electron chi connectivity index (χ0n) is 7.56. The van der Waals surface area contributed by atoms with Crippen LogP contribution in [-0.2, 0) is 0 Å². The van der Waals surface area contributed by atoms with E-state index >= 15 is 0 Å². The SMILES string of the molecule is CCN1CC2(CCC(C)N2)C1. The van der Waals surface area contributed by atoms with E-state index in [9.17, 15) is 0 Å². The third-order valence-corrected chi connectivity index (χ3v) is 3.11. The fourth-order valence-electron chi connectivity index (χ4n) is 2.44. The molecule has 0 saturated carbocycles. The Morgan fingerprint density at radius 1 is 1.55 bits per heavy atom. The summed E-state index contributed by atoms with van der Waals surface area (Å²) in [5.41, 5.74) is 0.537. The van der Waals surface area contributed by atoms with E-state index < -0.39 is 0 Å². The highest BCUT2D eigenvalue weighted by Gasteiger charge is 2.45. The molecule has 0 aromatic heterocycles. The number of hydrogen-bond acceptors (Lipinski definition) is 2. The highest BCUT2D eigenvalue weighted by molar-refractivity contribution is 5.07. The van der Waals surface area contributed by atoms with Crippen LogP contribution in [0.25, 0.3) is 0 Å². The quantitative estimate of drug-likeness (QED) is 0.602. The van der Waals surface area contributed by atoms with Crippen molar-refractivity contribution in [1.82, 2.24) is 10.2 Å². The molecular formula is C9H18N2. The predicted octanol–water partition coefficient (Wildman–Crippen LogP) is 0.833. The van der Waals surface area contributed by atoms with E-state index in [2.05, 4.69) is 24.1 Å². The summed E-state index contributed by atoms with van der Waals surface area (Å²) in [6.07, 6.45) is 2.77. The molecule has 64 valence electrons. The van der Waals surface area contributed by atoms with Gasteiger partial charge in [-0.2, -0.15) is 0 Å². The predicted molar refractivity (Wildman–Crippen MR) is 46.7 cm³/mol. The Morgan fingerprint density at radius 2 is 2.27 bits per heavy atom. The maximum atomic E-state index is 3.69. The molecule has 0 amide bonds. The summed E-state index contributed by atoms with van der Waals surface area (Å²) >= 11 is 0. The van der Waals surface area contributed by atoms with Crippen LogP contribution in [0.1, 0.15) is 26.7 Å². The Balaban J connectivity index is 1.87. The van der Waals surface area contributed by atoms with E-state index in [1.807, 2.05) is 0 Å². The van der Waals surface area contributed by atoms with Gasteiger partial charge < -0.3 is 5.32 Å². The van der Waals surface area contributed by atoms with Gasteiger partial charge in [-0.05, 0) is 26.3 Å². The lowest BCUT2D eigenvalue weighted by atomic mass is 9.88. The van der Waals surface area contributed by atoms with Crippen molar-refractivity contribution in [3.05, 3.63) is 0 Å². The van der Waals surface area contributed by atoms with E-state index in [-0.39, 0.29) is 0 Å². The second-order valence-electron chi connectivity index (χ2n) is 4.17. The van der Waals surface area contributed by atoms with Gasteiger partial charge in [-0.25, -0.2) is 0 Å². The fraction of sp³-hybridized carbons (Fsp3) is 1.00. The molecule has 0 aliphatic carbocycles. The number of nitrogens with one attached hydrogen (secondary N) is 1. The maximum absolute atomic E-state index is 3.69. The van der Waals surface area contributed by atoms with Gasteiger partial charge >= 0.3 is 0 Å². The smallest absolute Gasteiger partial charge is 0.0439 e. The zero-order chi connectivity index (χ0) is 7.90. The third-order valence-electron chi connectivity index (χ3n) is 3.11. The van der Waals surface area contributed by atoms with Gasteiger partial charge in [0.25, 0.3) is 0 Å². The molecule has 1 atom stereocenters. The van der Waals surface area contributed by atoms with E-state index in [0.29, 0.717) is 5.54 Å². The molecule has 1 unspecified atom stereocenters. The molecule has 11 heavy (non-hydrogen) atoms. The number of rotatable bonds is 1. The minimum Gasteiger partial charge on any atom is -0.306 e. The van der Waals surface area contributed by atoms with Gasteiger partial charge in [0.15, 0.2) is 0 Å². The molecular weight excluding hydrogens is 136 g/mol. The topological polar surface area (TPSA) is 15.3 Å². The van der Waals surface area contributed by atoms with Gasteiger partial charge in [-0.3, -0.25) is 4.90 Å². The molecule has 2 nitrogen and oxygen atoms in total. The van der Waals surface area contributed by atoms with E-state index in [4.69, 9.17) is 0 Å². The molecule has 0 aromatic carbocycles.